The highest BCUT2D eigenvalue weighted by molar-refractivity contribution is 5.75. The lowest BCUT2D eigenvalue weighted by molar-refractivity contribution is 0.643. The van der Waals surface area contributed by atoms with Gasteiger partial charge in [-0.25, -0.2) is 0 Å². The maximum absolute atomic E-state index is 4.20. The molecule has 0 unspecified atom stereocenters. The van der Waals surface area contributed by atoms with Gasteiger partial charge in [-0.2, -0.15) is 0 Å². The molecule has 1 aliphatic heterocycles. The third-order valence-corrected chi connectivity index (χ3v) is 3.99. The molecule has 0 fully saturated rings. The van der Waals surface area contributed by atoms with Crippen LogP contribution in [0.2, 0.25) is 0 Å². The Bertz CT molecular complexity index is 494. The van der Waals surface area contributed by atoms with Crippen molar-refractivity contribution in [1.29, 1.82) is 0 Å². The standard InChI is InChI=1S/C16H21N/c1-7-11(2)13-8-9-14-15(10-13)17(6)12(3)16(14,4)5/h8-10H,2-3,7H2,1,4-6H3. The first-order valence-electron chi connectivity index (χ1n) is 6.15. The molecule has 17 heavy (non-hydrogen) atoms. The fourth-order valence-corrected chi connectivity index (χ4v) is 2.48. The molecule has 1 aromatic rings. The Morgan fingerprint density at radius 3 is 2.59 bits per heavy atom. The molecule has 0 amide bonds. The molecule has 2 rings (SSSR count). The zero-order chi connectivity index (χ0) is 12.8. The summed E-state index contributed by atoms with van der Waals surface area (Å²) in [5.41, 5.74) is 6.26. The highest BCUT2D eigenvalue weighted by Crippen LogP contribution is 2.46. The SMILES string of the molecule is C=C(CC)c1ccc2c(c1)N(C)C(=C)C2(C)C. The van der Waals surface area contributed by atoms with Crippen molar-refractivity contribution in [2.24, 2.45) is 0 Å². The number of likely N-dealkylation sites (N-methyl/N-ethyl adjacent to an activating group) is 1. The molecule has 0 N–H and O–H groups in total. The van der Waals surface area contributed by atoms with E-state index in [9.17, 15) is 0 Å². The van der Waals surface area contributed by atoms with Crippen LogP contribution in [0.15, 0.2) is 37.1 Å². The van der Waals surface area contributed by atoms with Crippen molar-refractivity contribution in [1.82, 2.24) is 0 Å². The summed E-state index contributed by atoms with van der Waals surface area (Å²) in [6.07, 6.45) is 0.993. The van der Waals surface area contributed by atoms with E-state index in [4.69, 9.17) is 0 Å². The minimum Gasteiger partial charge on any atom is -0.348 e. The van der Waals surface area contributed by atoms with E-state index in [2.05, 4.69) is 64.1 Å². The average Bonchev–Trinajstić information content (AvgIpc) is 2.50. The summed E-state index contributed by atoms with van der Waals surface area (Å²) in [7, 11) is 2.09. The van der Waals surface area contributed by atoms with Crippen molar-refractivity contribution in [3.63, 3.8) is 0 Å². The Kier molecular flexibility index (Phi) is 2.65. The maximum Gasteiger partial charge on any atom is 0.0453 e. The number of allylic oxidation sites excluding steroid dienone is 2. The highest BCUT2D eigenvalue weighted by Gasteiger charge is 2.37. The summed E-state index contributed by atoms with van der Waals surface area (Å²) in [6.45, 7) is 14.9. The molecule has 0 saturated carbocycles. The fraction of sp³-hybridized carbons (Fsp3) is 0.375. The summed E-state index contributed by atoms with van der Waals surface area (Å²) in [6, 6.07) is 6.64. The molecular weight excluding hydrogens is 206 g/mol. The summed E-state index contributed by atoms with van der Waals surface area (Å²) in [5.74, 6) is 0. The number of fused-ring (bicyclic) bond motifs is 1. The first-order chi connectivity index (χ1) is 7.89. The van der Waals surface area contributed by atoms with Gasteiger partial charge < -0.3 is 4.90 Å². The van der Waals surface area contributed by atoms with Crippen molar-refractivity contribution in [3.05, 3.63) is 48.2 Å². The number of benzene rings is 1. The molecule has 1 aliphatic rings. The second-order valence-electron chi connectivity index (χ2n) is 5.32. The van der Waals surface area contributed by atoms with Crippen LogP contribution in [0.3, 0.4) is 0 Å². The Balaban J connectivity index is 2.56. The molecule has 0 radical (unpaired) electrons. The average molecular weight is 227 g/mol. The van der Waals surface area contributed by atoms with E-state index in [1.807, 2.05) is 0 Å². The minimum absolute atomic E-state index is 0.0379. The topological polar surface area (TPSA) is 3.24 Å². The molecule has 90 valence electrons. The predicted molar refractivity (Wildman–Crippen MR) is 76.3 cm³/mol. The van der Waals surface area contributed by atoms with Crippen LogP contribution in [-0.4, -0.2) is 7.05 Å². The quantitative estimate of drug-likeness (QED) is 0.726. The van der Waals surface area contributed by atoms with E-state index < -0.39 is 0 Å². The molecule has 0 aliphatic carbocycles. The van der Waals surface area contributed by atoms with Gasteiger partial charge in [0.2, 0.25) is 0 Å². The van der Waals surface area contributed by atoms with Crippen LogP contribution in [0.25, 0.3) is 5.57 Å². The van der Waals surface area contributed by atoms with Crippen LogP contribution < -0.4 is 4.90 Å². The van der Waals surface area contributed by atoms with E-state index >= 15 is 0 Å². The zero-order valence-corrected chi connectivity index (χ0v) is 11.3. The summed E-state index contributed by atoms with van der Waals surface area (Å²) in [4.78, 5) is 2.20. The maximum atomic E-state index is 4.20. The first kappa shape index (κ1) is 12.0. The monoisotopic (exact) mass is 227 g/mol. The van der Waals surface area contributed by atoms with E-state index in [0.29, 0.717) is 0 Å². The van der Waals surface area contributed by atoms with Crippen LogP contribution in [0.4, 0.5) is 5.69 Å². The molecule has 1 nitrogen and oxygen atoms in total. The van der Waals surface area contributed by atoms with Crippen molar-refractivity contribution >= 4 is 11.3 Å². The van der Waals surface area contributed by atoms with Gasteiger partial charge in [0.05, 0.1) is 0 Å². The van der Waals surface area contributed by atoms with E-state index in [1.54, 1.807) is 0 Å². The zero-order valence-electron chi connectivity index (χ0n) is 11.3. The van der Waals surface area contributed by atoms with Crippen LogP contribution in [-0.2, 0) is 5.41 Å². The van der Waals surface area contributed by atoms with Crippen molar-refractivity contribution in [2.45, 2.75) is 32.6 Å². The first-order valence-corrected chi connectivity index (χ1v) is 6.15. The molecule has 0 bridgehead atoms. The van der Waals surface area contributed by atoms with Gasteiger partial charge in [-0.1, -0.05) is 46.1 Å². The van der Waals surface area contributed by atoms with Gasteiger partial charge in [0, 0.05) is 23.8 Å². The number of anilines is 1. The number of nitrogens with zero attached hydrogens (tertiary/aromatic N) is 1. The molecule has 0 aromatic heterocycles. The second-order valence-corrected chi connectivity index (χ2v) is 5.32. The highest BCUT2D eigenvalue weighted by atomic mass is 15.1. The van der Waals surface area contributed by atoms with Crippen LogP contribution >= 0.6 is 0 Å². The van der Waals surface area contributed by atoms with Crippen LogP contribution in [0.5, 0.6) is 0 Å². The van der Waals surface area contributed by atoms with Gasteiger partial charge in [0.25, 0.3) is 0 Å². The lowest BCUT2D eigenvalue weighted by Crippen LogP contribution is -2.21. The molecule has 0 atom stereocenters. The molecule has 1 aromatic carbocycles. The summed E-state index contributed by atoms with van der Waals surface area (Å²) >= 11 is 0. The largest absolute Gasteiger partial charge is 0.348 e. The number of hydrogen-bond acceptors (Lipinski definition) is 1. The van der Waals surface area contributed by atoms with E-state index in [1.165, 1.54) is 22.4 Å². The van der Waals surface area contributed by atoms with Gasteiger partial charge in [0.15, 0.2) is 0 Å². The predicted octanol–water partition coefficient (Wildman–Crippen LogP) is 4.35. The van der Waals surface area contributed by atoms with E-state index in [0.717, 1.165) is 12.1 Å². The molecule has 0 saturated heterocycles. The number of rotatable bonds is 2. The Morgan fingerprint density at radius 2 is 2.00 bits per heavy atom. The normalized spacial score (nSPS) is 17.2. The second kappa shape index (κ2) is 3.76. The Morgan fingerprint density at radius 1 is 1.35 bits per heavy atom. The van der Waals surface area contributed by atoms with Crippen LogP contribution in [0, 0.1) is 0 Å². The minimum atomic E-state index is 0.0379. The smallest absolute Gasteiger partial charge is 0.0453 e. The summed E-state index contributed by atoms with van der Waals surface area (Å²) < 4.78 is 0. The van der Waals surface area contributed by atoms with Crippen molar-refractivity contribution in [3.8, 4) is 0 Å². The molecular formula is C16H21N. The Labute approximate surface area is 104 Å². The fourth-order valence-electron chi connectivity index (χ4n) is 2.48. The lowest BCUT2D eigenvalue weighted by Gasteiger charge is -2.22. The van der Waals surface area contributed by atoms with Crippen LogP contribution in [0.1, 0.15) is 38.3 Å². The third-order valence-electron chi connectivity index (χ3n) is 3.99. The molecule has 1 heterocycles. The van der Waals surface area contributed by atoms with Gasteiger partial charge in [-0.15, -0.1) is 0 Å². The van der Waals surface area contributed by atoms with Gasteiger partial charge in [0.1, 0.15) is 0 Å². The van der Waals surface area contributed by atoms with E-state index in [-0.39, 0.29) is 5.41 Å². The summed E-state index contributed by atoms with van der Waals surface area (Å²) in [5, 5.41) is 0. The van der Waals surface area contributed by atoms with Gasteiger partial charge >= 0.3 is 0 Å². The number of hydrogen-bond donors (Lipinski definition) is 0. The Hall–Kier alpha value is -1.50. The molecule has 0 spiro atoms. The lowest BCUT2D eigenvalue weighted by atomic mass is 9.84. The van der Waals surface area contributed by atoms with Crippen molar-refractivity contribution in [2.75, 3.05) is 11.9 Å². The van der Waals surface area contributed by atoms with Crippen molar-refractivity contribution < 1.29 is 0 Å². The third kappa shape index (κ3) is 1.61. The van der Waals surface area contributed by atoms with Gasteiger partial charge in [-0.3, -0.25) is 0 Å². The molecule has 1 heteroatoms. The van der Waals surface area contributed by atoms with Gasteiger partial charge in [-0.05, 0) is 29.2 Å².